The van der Waals surface area contributed by atoms with Gasteiger partial charge in [-0.1, -0.05) is 99.4 Å². The van der Waals surface area contributed by atoms with Gasteiger partial charge in [0.1, 0.15) is 9.75 Å². The Morgan fingerprint density at radius 1 is 0.811 bits per heavy atom. The third-order valence-electron chi connectivity index (χ3n) is 6.80. The summed E-state index contributed by atoms with van der Waals surface area (Å²) >= 11 is 58.1. The van der Waals surface area contributed by atoms with Crippen LogP contribution in [0.5, 0.6) is 0 Å². The second-order valence-electron chi connectivity index (χ2n) is 8.65. The van der Waals surface area contributed by atoms with Crippen LogP contribution in [0.1, 0.15) is 15.9 Å². The summed E-state index contributed by atoms with van der Waals surface area (Å²) < 4.78 is -2.11. The van der Waals surface area contributed by atoms with Gasteiger partial charge in [-0.3, -0.25) is 14.4 Å². The second kappa shape index (κ2) is 9.22. The fourth-order valence-electron chi connectivity index (χ4n) is 5.04. The van der Waals surface area contributed by atoms with Gasteiger partial charge in [0.25, 0.3) is 17.7 Å². The van der Waals surface area contributed by atoms with E-state index >= 15 is 0 Å². The van der Waals surface area contributed by atoms with Crippen LogP contribution >= 0.6 is 104 Å². The Bertz CT molecular complexity index is 1380. The van der Waals surface area contributed by atoms with Gasteiger partial charge in [0.15, 0.2) is 4.33 Å². The highest BCUT2D eigenvalue weighted by Gasteiger charge is 2.88. The SMILES string of the molecule is O=C(c1ccccc1Cl)N(Cc1ccc(Cl)cc1Cl)N1C(=O)[C@H]2[C@H](C1=O)[C@@]1(Cl)C(Cl)=C(Cl)[C@@]2(Cl)C1(Cl)Cl. The average Bonchev–Trinajstić information content (AvgIpc) is 3.22. The second-order valence-corrected chi connectivity index (χ2v) is 13.2. The summed E-state index contributed by atoms with van der Waals surface area (Å²) in [6.45, 7) is -0.316. The van der Waals surface area contributed by atoms with Crippen molar-refractivity contribution in [3.05, 3.63) is 78.7 Å². The van der Waals surface area contributed by atoms with Crippen molar-refractivity contribution in [3.63, 3.8) is 0 Å². The number of amides is 3. The average molecular weight is 682 g/mol. The molecule has 1 saturated heterocycles. The van der Waals surface area contributed by atoms with Crippen LogP contribution in [0.2, 0.25) is 15.1 Å². The van der Waals surface area contributed by atoms with Crippen LogP contribution < -0.4 is 0 Å². The molecule has 2 aromatic rings. The minimum absolute atomic E-state index is 0.0225. The van der Waals surface area contributed by atoms with Crippen molar-refractivity contribution in [2.45, 2.75) is 20.6 Å². The first kappa shape index (κ1) is 27.9. The Morgan fingerprint density at radius 3 is 1.86 bits per heavy atom. The van der Waals surface area contributed by atoms with Gasteiger partial charge >= 0.3 is 0 Å². The summed E-state index contributed by atoms with van der Waals surface area (Å²) in [5.74, 6) is -5.42. The van der Waals surface area contributed by atoms with E-state index in [-0.39, 0.29) is 32.2 Å². The van der Waals surface area contributed by atoms with E-state index in [1.807, 2.05) is 0 Å². The van der Waals surface area contributed by atoms with Crippen molar-refractivity contribution < 1.29 is 14.4 Å². The molecule has 0 unspecified atom stereocenters. The maximum absolute atomic E-state index is 13.9. The van der Waals surface area contributed by atoms with Crippen molar-refractivity contribution in [2.75, 3.05) is 0 Å². The molecule has 0 aromatic heterocycles. The molecule has 5 rings (SSSR count). The van der Waals surface area contributed by atoms with Gasteiger partial charge in [-0.15, -0.1) is 23.2 Å². The van der Waals surface area contributed by atoms with Gasteiger partial charge in [-0.2, -0.15) is 5.01 Å². The lowest BCUT2D eigenvalue weighted by Crippen LogP contribution is -2.55. The lowest BCUT2D eigenvalue weighted by atomic mass is 9.84. The standard InChI is InChI=1S/C23H11Cl9N2O3/c24-10-6-5-9(13(26)7-10)8-33(18(35)11-3-1-2-4-12(11)25)34-19(36)14-15(20(34)37)22(30)17(28)16(27)21(14,29)23(22,31)32/h1-7,14-15H,8H2/t14-,15-,21-,22-/m1/s1. The van der Waals surface area contributed by atoms with Crippen LogP contribution in [0.4, 0.5) is 0 Å². The van der Waals surface area contributed by atoms with E-state index in [2.05, 4.69) is 0 Å². The number of hydrogen-bond acceptors (Lipinski definition) is 3. The van der Waals surface area contributed by atoms with Crippen molar-refractivity contribution in [3.8, 4) is 0 Å². The van der Waals surface area contributed by atoms with E-state index in [0.29, 0.717) is 15.6 Å². The first-order chi connectivity index (χ1) is 17.2. The van der Waals surface area contributed by atoms with Crippen LogP contribution in [0, 0.1) is 11.8 Å². The molecule has 2 aromatic carbocycles. The molecular formula is C23H11Cl9N2O3. The van der Waals surface area contributed by atoms with Gasteiger partial charge in [0.05, 0.1) is 39.0 Å². The van der Waals surface area contributed by atoms with Crippen LogP contribution in [-0.4, -0.2) is 41.8 Å². The van der Waals surface area contributed by atoms with Crippen LogP contribution in [0.15, 0.2) is 52.5 Å². The maximum atomic E-state index is 13.9. The van der Waals surface area contributed by atoms with Crippen LogP contribution in [0.3, 0.4) is 0 Å². The van der Waals surface area contributed by atoms with Crippen molar-refractivity contribution in [1.82, 2.24) is 10.0 Å². The molecule has 2 bridgehead atoms. The molecule has 2 aliphatic carbocycles. The molecule has 4 atom stereocenters. The van der Waals surface area contributed by atoms with Crippen LogP contribution in [-0.2, 0) is 16.1 Å². The molecule has 3 amide bonds. The van der Waals surface area contributed by atoms with E-state index in [0.717, 1.165) is 5.01 Å². The summed E-state index contributed by atoms with van der Waals surface area (Å²) in [7, 11) is 0. The fraction of sp³-hybridized carbons (Fsp3) is 0.261. The number of halogens is 9. The zero-order valence-electron chi connectivity index (χ0n) is 17.9. The number of nitrogens with zero attached hydrogens (tertiary/aromatic N) is 2. The minimum atomic E-state index is -2.11. The third-order valence-corrected chi connectivity index (χ3v) is 12.0. The number of imide groups is 1. The Labute approximate surface area is 255 Å². The lowest BCUT2D eigenvalue weighted by Gasteiger charge is -2.37. The van der Waals surface area contributed by atoms with Crippen molar-refractivity contribution in [1.29, 1.82) is 0 Å². The molecule has 0 spiro atoms. The number of allylic oxidation sites excluding steroid dienone is 2. The van der Waals surface area contributed by atoms with E-state index in [4.69, 9.17) is 104 Å². The normalized spacial score (nSPS) is 29.8. The highest BCUT2D eigenvalue weighted by molar-refractivity contribution is 6.66. The third kappa shape index (κ3) is 3.55. The Hall–Kier alpha value is -0.600. The Balaban J connectivity index is 1.64. The Morgan fingerprint density at radius 2 is 1.35 bits per heavy atom. The van der Waals surface area contributed by atoms with E-state index in [1.54, 1.807) is 24.3 Å². The molecular weight excluding hydrogens is 671 g/mol. The Kier molecular flexibility index (Phi) is 6.97. The highest BCUT2D eigenvalue weighted by Crippen LogP contribution is 2.77. The summed E-state index contributed by atoms with van der Waals surface area (Å²) in [5, 5.41) is 1.71. The van der Waals surface area contributed by atoms with Gasteiger partial charge in [0.2, 0.25) is 0 Å². The summed E-state index contributed by atoms with van der Waals surface area (Å²) in [5.41, 5.74) is 0.403. The number of benzene rings is 2. The lowest BCUT2D eigenvalue weighted by molar-refractivity contribution is -0.156. The molecule has 37 heavy (non-hydrogen) atoms. The van der Waals surface area contributed by atoms with E-state index in [9.17, 15) is 14.4 Å². The number of carbonyl (C=O) groups excluding carboxylic acids is 3. The molecule has 2 fully saturated rings. The molecule has 1 aliphatic heterocycles. The summed E-state index contributed by atoms with van der Waals surface area (Å²) in [6.07, 6.45) is 0. The molecule has 194 valence electrons. The first-order valence-corrected chi connectivity index (χ1v) is 13.8. The molecule has 3 aliphatic rings. The predicted molar refractivity (Wildman–Crippen MR) is 147 cm³/mol. The van der Waals surface area contributed by atoms with E-state index < -0.39 is 43.6 Å². The highest BCUT2D eigenvalue weighted by atomic mass is 35.5. The maximum Gasteiger partial charge on any atom is 0.274 e. The number of fused-ring (bicyclic) bond motifs is 5. The molecule has 1 saturated carbocycles. The first-order valence-electron chi connectivity index (χ1n) is 10.4. The summed E-state index contributed by atoms with van der Waals surface area (Å²) in [6, 6.07) is 10.7. The van der Waals surface area contributed by atoms with E-state index in [1.165, 1.54) is 18.2 Å². The quantitative estimate of drug-likeness (QED) is 0.246. The number of alkyl halides is 4. The molecule has 14 heteroatoms. The number of rotatable bonds is 4. The topological polar surface area (TPSA) is 57.7 Å². The zero-order chi connectivity index (χ0) is 27.2. The molecule has 0 N–H and O–H groups in total. The summed E-state index contributed by atoms with van der Waals surface area (Å²) in [4.78, 5) is 37.5. The molecule has 0 radical (unpaired) electrons. The number of hydrazine groups is 1. The largest absolute Gasteiger partial charge is 0.274 e. The molecule has 5 nitrogen and oxygen atoms in total. The predicted octanol–water partition coefficient (Wildman–Crippen LogP) is 7.65. The van der Waals surface area contributed by atoms with Crippen molar-refractivity contribution in [2.24, 2.45) is 11.8 Å². The van der Waals surface area contributed by atoms with Gasteiger partial charge in [-0.25, -0.2) is 5.01 Å². The number of hydrogen-bond donors (Lipinski definition) is 0. The smallest absolute Gasteiger partial charge is 0.272 e. The minimum Gasteiger partial charge on any atom is -0.272 e. The monoisotopic (exact) mass is 678 g/mol. The van der Waals surface area contributed by atoms with Crippen LogP contribution in [0.25, 0.3) is 0 Å². The zero-order valence-corrected chi connectivity index (χ0v) is 24.7. The fourth-order valence-corrected chi connectivity index (χ4v) is 8.65. The van der Waals surface area contributed by atoms with Gasteiger partial charge < -0.3 is 0 Å². The van der Waals surface area contributed by atoms with Crippen molar-refractivity contribution >= 4 is 122 Å². The van der Waals surface area contributed by atoms with Gasteiger partial charge in [-0.05, 0) is 29.8 Å². The number of carbonyl (C=O) groups is 3. The molecule has 1 heterocycles. The van der Waals surface area contributed by atoms with Gasteiger partial charge in [0, 0.05) is 10.0 Å².